The molecule has 3 aliphatic rings. The number of thiazole rings is 1. The molecule has 2 amide bonds. The van der Waals surface area contributed by atoms with Gasteiger partial charge < -0.3 is 10.2 Å². The van der Waals surface area contributed by atoms with E-state index in [1.807, 2.05) is 29.7 Å². The van der Waals surface area contributed by atoms with Crippen LogP contribution < -0.4 is 10.8 Å². The molecule has 0 radical (unpaired) electrons. The number of aromatic nitrogens is 3. The number of halogens is 4. The highest BCUT2D eigenvalue weighted by molar-refractivity contribution is 7.09. The van der Waals surface area contributed by atoms with Gasteiger partial charge in [-0.2, -0.15) is 5.10 Å². The molecule has 1 aromatic carbocycles. The molecule has 0 bridgehead atoms. The van der Waals surface area contributed by atoms with Gasteiger partial charge in [0, 0.05) is 41.6 Å². The first-order valence-electron chi connectivity index (χ1n) is 13.7. The second-order valence-electron chi connectivity index (χ2n) is 10.5. The van der Waals surface area contributed by atoms with E-state index in [1.54, 1.807) is 11.0 Å². The highest BCUT2D eigenvalue weighted by Crippen LogP contribution is 2.35. The van der Waals surface area contributed by atoms with Crippen molar-refractivity contribution in [3.63, 3.8) is 0 Å². The van der Waals surface area contributed by atoms with Gasteiger partial charge in [0.15, 0.2) is 0 Å². The van der Waals surface area contributed by atoms with Crippen LogP contribution in [0, 0.1) is 0 Å². The van der Waals surface area contributed by atoms with Crippen molar-refractivity contribution in [3.8, 4) is 0 Å². The zero-order valence-electron chi connectivity index (χ0n) is 22.3. The lowest BCUT2D eigenvalue weighted by atomic mass is 9.97. The summed E-state index contributed by atoms with van der Waals surface area (Å²) >= 11 is 1.50. The molecule has 2 aromatic heterocycles. The molecule has 3 aromatic rings. The Labute approximate surface area is 242 Å². The number of nitrogens with zero attached hydrogens (tertiary/aromatic N) is 4. The second-order valence-corrected chi connectivity index (χ2v) is 11.4. The molecule has 4 heterocycles. The molecule has 222 valence electrons. The van der Waals surface area contributed by atoms with Crippen LogP contribution in [0.3, 0.4) is 0 Å². The molecule has 1 atom stereocenters. The normalized spacial score (nSPS) is 19.3. The second kappa shape index (κ2) is 11.8. The molecule has 2 aliphatic heterocycles. The quantitative estimate of drug-likeness (QED) is 0.329. The lowest BCUT2D eigenvalue weighted by molar-refractivity contribution is -0.133. The van der Waals surface area contributed by atoms with Gasteiger partial charge >= 0.3 is 0 Å². The molecular formula is C28H28F4N6O3S. The number of hydroxylamine groups is 1. The predicted octanol–water partition coefficient (Wildman–Crippen LogP) is 5.13. The predicted molar refractivity (Wildman–Crippen MR) is 145 cm³/mol. The molecule has 1 aliphatic carbocycles. The molecular weight excluding hydrogens is 576 g/mol. The van der Waals surface area contributed by atoms with Crippen LogP contribution in [0.1, 0.15) is 88.6 Å². The van der Waals surface area contributed by atoms with Crippen molar-refractivity contribution in [2.75, 3.05) is 13.1 Å². The number of likely N-dealkylation sites (tertiary alicyclic amines) is 1. The number of alkyl halides is 4. The molecule has 2 N–H and O–H groups in total. The molecule has 0 spiro atoms. The Morgan fingerprint density at radius 2 is 1.86 bits per heavy atom. The van der Waals surface area contributed by atoms with E-state index in [1.165, 1.54) is 11.3 Å². The average Bonchev–Trinajstić information content (AvgIpc) is 3.37. The summed E-state index contributed by atoms with van der Waals surface area (Å²) in [5.41, 5.74) is 4.20. The van der Waals surface area contributed by atoms with Crippen LogP contribution in [0.4, 0.5) is 17.6 Å². The van der Waals surface area contributed by atoms with Crippen molar-refractivity contribution in [1.82, 2.24) is 30.5 Å². The van der Waals surface area contributed by atoms with Crippen LogP contribution >= 0.6 is 11.3 Å². The molecule has 1 saturated heterocycles. The van der Waals surface area contributed by atoms with Gasteiger partial charge in [-0.05, 0) is 43.9 Å². The van der Waals surface area contributed by atoms with E-state index >= 15 is 0 Å². The number of nitrogens with one attached hydrogen (secondary N) is 2. The zero-order valence-corrected chi connectivity index (χ0v) is 23.1. The van der Waals surface area contributed by atoms with E-state index in [0.29, 0.717) is 53.6 Å². The summed E-state index contributed by atoms with van der Waals surface area (Å²) in [4.78, 5) is 37.6. The Bertz CT molecular complexity index is 1500. The lowest BCUT2D eigenvalue weighted by Crippen LogP contribution is -2.40. The third-order valence-corrected chi connectivity index (χ3v) is 8.60. The molecule has 14 heteroatoms. The molecule has 6 rings (SSSR count). The van der Waals surface area contributed by atoms with E-state index in [0.717, 1.165) is 23.4 Å². The summed E-state index contributed by atoms with van der Waals surface area (Å²) in [5, 5.41) is 9.36. The van der Waals surface area contributed by atoms with Crippen molar-refractivity contribution < 1.29 is 32.0 Å². The summed E-state index contributed by atoms with van der Waals surface area (Å²) in [6.45, 7) is 0.249. The van der Waals surface area contributed by atoms with Crippen LogP contribution in [0.5, 0.6) is 0 Å². The van der Waals surface area contributed by atoms with Crippen LogP contribution in [0.2, 0.25) is 0 Å². The molecule has 1 saturated carbocycles. The largest absolute Gasteiger partial charge is 0.349 e. The van der Waals surface area contributed by atoms with Gasteiger partial charge in [-0.3, -0.25) is 24.6 Å². The van der Waals surface area contributed by atoms with Gasteiger partial charge in [-0.15, -0.1) is 11.3 Å². The van der Waals surface area contributed by atoms with E-state index in [-0.39, 0.29) is 17.9 Å². The number of amides is 2. The minimum Gasteiger partial charge on any atom is -0.349 e. The third kappa shape index (κ3) is 6.04. The van der Waals surface area contributed by atoms with Gasteiger partial charge in [-0.1, -0.05) is 18.2 Å². The van der Waals surface area contributed by atoms with Gasteiger partial charge in [0.2, 0.25) is 5.91 Å². The number of rotatable bonds is 9. The van der Waals surface area contributed by atoms with Crippen molar-refractivity contribution in [2.45, 2.75) is 63.1 Å². The highest BCUT2D eigenvalue weighted by atomic mass is 32.1. The Morgan fingerprint density at radius 1 is 1.10 bits per heavy atom. The number of hydrogen-bond acceptors (Lipinski definition) is 7. The SMILES string of the molecule is O=C(NC1CC1)c1ccccc1C1C=C(c2csc(C3CCN(C(=O)Cn4nc(C(F)F)cc4C(F)F)CC3)n2)NO1. The van der Waals surface area contributed by atoms with Gasteiger partial charge in [0.1, 0.15) is 24.0 Å². The lowest BCUT2D eigenvalue weighted by Gasteiger charge is -2.31. The maximum absolute atomic E-state index is 13.3. The van der Waals surface area contributed by atoms with Gasteiger partial charge in [0.25, 0.3) is 18.8 Å². The minimum atomic E-state index is -3.02. The fraction of sp³-hybridized carbons (Fsp3) is 0.429. The summed E-state index contributed by atoms with van der Waals surface area (Å²) in [7, 11) is 0. The standard InChI is InChI=1S/C28H28F4N6O3S/c29-25(30)20-11-22(26(31)32)38(35-20)13-24(39)37-9-7-15(8-10-37)28-34-21(14-42-28)19-12-23(41-36-19)17-3-1-2-4-18(17)27(40)33-16-5-6-16/h1-4,11-12,14-16,23,25-26,36H,5-10,13H2,(H,33,40). The fourth-order valence-corrected chi connectivity index (χ4v) is 6.14. The first-order valence-corrected chi connectivity index (χ1v) is 14.6. The van der Waals surface area contributed by atoms with E-state index in [2.05, 4.69) is 15.9 Å². The minimum absolute atomic E-state index is 0.102. The Balaban J connectivity index is 1.07. The van der Waals surface area contributed by atoms with Gasteiger partial charge in [-0.25, -0.2) is 22.5 Å². The summed E-state index contributed by atoms with van der Waals surface area (Å²) < 4.78 is 53.1. The number of hydrogen-bond donors (Lipinski definition) is 2. The first kappa shape index (κ1) is 28.3. The molecule has 2 fully saturated rings. The number of carbonyl (C=O) groups is 2. The zero-order chi connectivity index (χ0) is 29.4. The monoisotopic (exact) mass is 604 g/mol. The van der Waals surface area contributed by atoms with Crippen molar-refractivity contribution in [2.24, 2.45) is 0 Å². The average molecular weight is 605 g/mol. The van der Waals surface area contributed by atoms with Crippen molar-refractivity contribution >= 4 is 28.8 Å². The van der Waals surface area contributed by atoms with Crippen LogP contribution in [-0.4, -0.2) is 50.6 Å². The summed E-state index contributed by atoms with van der Waals surface area (Å²) in [5.74, 6) is -0.463. The number of carbonyl (C=O) groups excluding carboxylic acids is 2. The molecule has 42 heavy (non-hydrogen) atoms. The Morgan fingerprint density at radius 3 is 2.57 bits per heavy atom. The van der Waals surface area contributed by atoms with E-state index in [9.17, 15) is 27.2 Å². The van der Waals surface area contributed by atoms with Crippen molar-refractivity contribution in [3.05, 3.63) is 75.0 Å². The van der Waals surface area contributed by atoms with Crippen LogP contribution in [0.15, 0.2) is 41.8 Å². The van der Waals surface area contributed by atoms with Crippen LogP contribution in [0.25, 0.3) is 5.70 Å². The number of benzene rings is 1. The Kier molecular flexibility index (Phi) is 7.99. The van der Waals surface area contributed by atoms with Gasteiger partial charge in [0.05, 0.1) is 16.4 Å². The molecule has 9 nitrogen and oxygen atoms in total. The van der Waals surface area contributed by atoms with E-state index in [4.69, 9.17) is 9.82 Å². The topological polar surface area (TPSA) is 101 Å². The third-order valence-electron chi connectivity index (χ3n) is 7.60. The fourth-order valence-electron chi connectivity index (χ4n) is 5.14. The number of piperidine rings is 1. The summed E-state index contributed by atoms with van der Waals surface area (Å²) in [6, 6.07) is 8.23. The maximum atomic E-state index is 13.3. The maximum Gasteiger partial charge on any atom is 0.282 e. The Hall–Kier alpha value is -3.78. The molecule has 1 unspecified atom stereocenters. The van der Waals surface area contributed by atoms with E-state index < -0.39 is 42.8 Å². The summed E-state index contributed by atoms with van der Waals surface area (Å²) in [6.07, 6.45) is -1.34. The first-order chi connectivity index (χ1) is 20.3. The van der Waals surface area contributed by atoms with Crippen LogP contribution in [-0.2, 0) is 16.2 Å². The smallest absolute Gasteiger partial charge is 0.282 e. The highest BCUT2D eigenvalue weighted by Gasteiger charge is 2.31. The van der Waals surface area contributed by atoms with Crippen molar-refractivity contribution in [1.29, 1.82) is 0 Å².